The minimum atomic E-state index is -0.157. The number of hydrogen-bond donors (Lipinski definition) is 0. The van der Waals surface area contributed by atoms with Gasteiger partial charge in [-0.1, -0.05) is 31.5 Å². The van der Waals surface area contributed by atoms with Gasteiger partial charge in [-0.3, -0.25) is 9.59 Å². The lowest BCUT2D eigenvalue weighted by Gasteiger charge is -2.36. The van der Waals surface area contributed by atoms with Crippen LogP contribution in [0.15, 0.2) is 60.7 Å². The Bertz CT molecular complexity index is 1230. The fourth-order valence-corrected chi connectivity index (χ4v) is 4.42. The summed E-state index contributed by atoms with van der Waals surface area (Å²) in [6.07, 6.45) is 1.77. The molecule has 0 atom stereocenters. The molecule has 1 aliphatic rings. The molecule has 2 amide bonds. The highest BCUT2D eigenvalue weighted by Crippen LogP contribution is 2.23. The van der Waals surface area contributed by atoms with Crippen molar-refractivity contribution in [1.82, 2.24) is 20.0 Å². The van der Waals surface area contributed by atoms with Gasteiger partial charge in [-0.25, -0.2) is 0 Å². The van der Waals surface area contributed by atoms with Crippen molar-refractivity contribution in [2.75, 3.05) is 58.4 Å². The molecule has 4 rings (SSSR count). The molecule has 1 saturated heterocycles. The van der Waals surface area contributed by atoms with Crippen LogP contribution in [0, 0.1) is 0 Å². The molecule has 0 aliphatic carbocycles. The maximum Gasteiger partial charge on any atom is 0.254 e. The van der Waals surface area contributed by atoms with E-state index in [1.54, 1.807) is 43.4 Å². The van der Waals surface area contributed by atoms with Gasteiger partial charge in [-0.15, -0.1) is 10.2 Å². The van der Waals surface area contributed by atoms with E-state index < -0.39 is 0 Å². The number of unbranched alkanes of at least 4 members (excludes halogenated alkanes) is 1. The average Bonchev–Trinajstić information content (AvgIpc) is 2.99. The minimum Gasteiger partial charge on any atom is -0.497 e. The zero-order valence-electron chi connectivity index (χ0n) is 22.3. The van der Waals surface area contributed by atoms with E-state index >= 15 is 0 Å². The highest BCUT2D eigenvalue weighted by molar-refractivity contribution is 5.96. The maximum atomic E-state index is 13.2. The monoisotopic (exact) mass is 517 g/mol. The van der Waals surface area contributed by atoms with E-state index in [1.165, 1.54) is 0 Å². The third-order valence-electron chi connectivity index (χ3n) is 6.68. The summed E-state index contributed by atoms with van der Waals surface area (Å²) < 4.78 is 10.6. The van der Waals surface area contributed by atoms with Gasteiger partial charge in [0.25, 0.3) is 5.91 Å². The lowest BCUT2D eigenvalue weighted by Crippen LogP contribution is -2.52. The molecule has 38 heavy (non-hydrogen) atoms. The largest absolute Gasteiger partial charge is 0.497 e. The number of amides is 2. The van der Waals surface area contributed by atoms with Crippen molar-refractivity contribution in [2.24, 2.45) is 0 Å². The Morgan fingerprint density at radius 2 is 1.61 bits per heavy atom. The van der Waals surface area contributed by atoms with E-state index in [0.29, 0.717) is 44.0 Å². The summed E-state index contributed by atoms with van der Waals surface area (Å²) in [4.78, 5) is 32.0. The number of carbonyl (C=O) groups excluding carboxylic acids is 2. The molecule has 1 fully saturated rings. The molecule has 0 bridgehead atoms. The maximum absolute atomic E-state index is 13.2. The molecule has 0 radical (unpaired) electrons. The lowest BCUT2D eigenvalue weighted by molar-refractivity contribution is -0.132. The van der Waals surface area contributed by atoms with Gasteiger partial charge in [0, 0.05) is 43.9 Å². The van der Waals surface area contributed by atoms with Gasteiger partial charge in [0.15, 0.2) is 5.82 Å². The standard InChI is InChI=1S/C29H35N5O4/c1-4-5-14-34(29(36)23-9-7-11-25(20-23)38-3)21-28(35)33-17-15-32(16-18-33)27-13-12-26(30-31-27)22-8-6-10-24(19-22)37-2/h6-13,19-20H,4-5,14-18,21H2,1-3H3. The van der Waals surface area contributed by atoms with Gasteiger partial charge in [0.1, 0.15) is 18.0 Å². The molecule has 3 aromatic rings. The number of carbonyl (C=O) groups is 2. The van der Waals surface area contributed by atoms with Gasteiger partial charge < -0.3 is 24.2 Å². The van der Waals surface area contributed by atoms with E-state index in [-0.39, 0.29) is 18.4 Å². The van der Waals surface area contributed by atoms with Crippen molar-refractivity contribution in [3.8, 4) is 22.8 Å². The minimum absolute atomic E-state index is 0.0449. The topological polar surface area (TPSA) is 88.1 Å². The second-order valence-corrected chi connectivity index (χ2v) is 9.19. The summed E-state index contributed by atoms with van der Waals surface area (Å²) in [5.41, 5.74) is 2.23. The molecule has 0 N–H and O–H groups in total. The van der Waals surface area contributed by atoms with Crippen molar-refractivity contribution in [3.05, 3.63) is 66.2 Å². The molecule has 2 aromatic carbocycles. The smallest absolute Gasteiger partial charge is 0.254 e. The Hall–Kier alpha value is -4.14. The summed E-state index contributed by atoms with van der Waals surface area (Å²) in [5, 5.41) is 8.83. The van der Waals surface area contributed by atoms with E-state index in [1.807, 2.05) is 41.3 Å². The van der Waals surface area contributed by atoms with Gasteiger partial charge in [-0.2, -0.15) is 0 Å². The summed E-state index contributed by atoms with van der Waals surface area (Å²) in [7, 11) is 3.21. The Morgan fingerprint density at radius 1 is 0.895 bits per heavy atom. The summed E-state index contributed by atoms with van der Waals surface area (Å²) >= 11 is 0. The van der Waals surface area contributed by atoms with Gasteiger partial charge in [-0.05, 0) is 48.9 Å². The molecular weight excluding hydrogens is 482 g/mol. The van der Waals surface area contributed by atoms with Crippen LogP contribution >= 0.6 is 0 Å². The zero-order chi connectivity index (χ0) is 26.9. The predicted molar refractivity (Wildman–Crippen MR) is 147 cm³/mol. The molecule has 9 heteroatoms. The first-order valence-corrected chi connectivity index (χ1v) is 13.0. The Morgan fingerprint density at radius 3 is 2.26 bits per heavy atom. The number of aromatic nitrogens is 2. The fourth-order valence-electron chi connectivity index (χ4n) is 4.42. The molecule has 9 nitrogen and oxygen atoms in total. The van der Waals surface area contributed by atoms with E-state index in [2.05, 4.69) is 22.0 Å². The SMILES string of the molecule is CCCCN(CC(=O)N1CCN(c2ccc(-c3cccc(OC)c3)nn2)CC1)C(=O)c1cccc(OC)c1. The van der Waals surface area contributed by atoms with Crippen LogP contribution in [0.3, 0.4) is 0 Å². The van der Waals surface area contributed by atoms with Crippen LogP contribution in [0.4, 0.5) is 5.82 Å². The molecule has 1 aromatic heterocycles. The summed E-state index contributed by atoms with van der Waals surface area (Å²) in [6.45, 7) is 5.09. The first-order chi connectivity index (χ1) is 18.5. The van der Waals surface area contributed by atoms with Crippen molar-refractivity contribution >= 4 is 17.6 Å². The molecule has 200 valence electrons. The van der Waals surface area contributed by atoms with Crippen LogP contribution in [0.25, 0.3) is 11.3 Å². The molecule has 0 saturated carbocycles. The Labute approximate surface area is 224 Å². The summed E-state index contributed by atoms with van der Waals surface area (Å²) in [5.74, 6) is 1.97. The van der Waals surface area contributed by atoms with Crippen LogP contribution in [0.1, 0.15) is 30.1 Å². The third kappa shape index (κ3) is 6.59. The highest BCUT2D eigenvalue weighted by Gasteiger charge is 2.26. The third-order valence-corrected chi connectivity index (χ3v) is 6.68. The molecule has 2 heterocycles. The van der Waals surface area contributed by atoms with E-state index in [9.17, 15) is 9.59 Å². The number of nitrogens with zero attached hydrogens (tertiary/aromatic N) is 5. The summed E-state index contributed by atoms with van der Waals surface area (Å²) in [6, 6.07) is 18.7. The average molecular weight is 518 g/mol. The molecule has 0 unspecified atom stereocenters. The fraction of sp³-hybridized carbons (Fsp3) is 0.379. The van der Waals surface area contributed by atoms with E-state index in [0.717, 1.165) is 35.7 Å². The van der Waals surface area contributed by atoms with Gasteiger partial charge in [0.2, 0.25) is 5.91 Å². The lowest BCUT2D eigenvalue weighted by atomic mass is 10.1. The van der Waals surface area contributed by atoms with Crippen LogP contribution in [0.2, 0.25) is 0 Å². The number of ether oxygens (including phenoxy) is 2. The highest BCUT2D eigenvalue weighted by atomic mass is 16.5. The van der Waals surface area contributed by atoms with Crippen LogP contribution < -0.4 is 14.4 Å². The van der Waals surface area contributed by atoms with Crippen molar-refractivity contribution < 1.29 is 19.1 Å². The molecular formula is C29H35N5O4. The van der Waals surface area contributed by atoms with E-state index in [4.69, 9.17) is 9.47 Å². The first kappa shape index (κ1) is 26.9. The number of benzene rings is 2. The first-order valence-electron chi connectivity index (χ1n) is 13.0. The van der Waals surface area contributed by atoms with Gasteiger partial charge in [0.05, 0.1) is 19.9 Å². The van der Waals surface area contributed by atoms with Crippen molar-refractivity contribution in [3.63, 3.8) is 0 Å². The second kappa shape index (κ2) is 12.9. The normalized spacial score (nSPS) is 13.2. The van der Waals surface area contributed by atoms with Crippen molar-refractivity contribution in [2.45, 2.75) is 19.8 Å². The van der Waals surface area contributed by atoms with Crippen LogP contribution in [0.5, 0.6) is 11.5 Å². The number of rotatable bonds is 10. The molecule has 1 aliphatic heterocycles. The zero-order valence-corrected chi connectivity index (χ0v) is 22.3. The van der Waals surface area contributed by atoms with Crippen LogP contribution in [-0.4, -0.2) is 85.3 Å². The number of anilines is 1. The van der Waals surface area contributed by atoms with Crippen LogP contribution in [-0.2, 0) is 4.79 Å². The van der Waals surface area contributed by atoms with Gasteiger partial charge >= 0.3 is 0 Å². The number of piperazine rings is 1. The second-order valence-electron chi connectivity index (χ2n) is 9.19. The Kier molecular flexibility index (Phi) is 9.13. The van der Waals surface area contributed by atoms with Crippen molar-refractivity contribution in [1.29, 1.82) is 0 Å². The predicted octanol–water partition coefficient (Wildman–Crippen LogP) is 3.75. The Balaban J connectivity index is 1.35. The number of methoxy groups -OCH3 is 2. The number of hydrogen-bond acceptors (Lipinski definition) is 7. The molecule has 0 spiro atoms. The quantitative estimate of drug-likeness (QED) is 0.405.